The van der Waals surface area contributed by atoms with Crippen LogP contribution in [0.3, 0.4) is 0 Å². The number of sulfonamides is 1. The number of hydrogen-bond donors (Lipinski definition) is 2. The van der Waals surface area contributed by atoms with Gasteiger partial charge in [0.25, 0.3) is 0 Å². The Bertz CT molecular complexity index is 619. The van der Waals surface area contributed by atoms with E-state index in [-0.39, 0.29) is 11.7 Å². The number of nitrogens with zero attached hydrogens (tertiary/aromatic N) is 2. The van der Waals surface area contributed by atoms with Crippen molar-refractivity contribution in [2.24, 2.45) is 16.6 Å². The second-order valence-corrected chi connectivity index (χ2v) is 7.74. The van der Waals surface area contributed by atoms with Gasteiger partial charge in [0.05, 0.1) is 5.75 Å². The zero-order chi connectivity index (χ0) is 16.2. The molecular formula is C15H24N4O2S. The summed E-state index contributed by atoms with van der Waals surface area (Å²) < 4.78 is 24.7. The molecule has 0 atom stereocenters. The molecule has 0 bridgehead atoms. The molecule has 1 saturated heterocycles. The lowest BCUT2D eigenvalue weighted by molar-refractivity contribution is 0.208. The van der Waals surface area contributed by atoms with Crippen molar-refractivity contribution in [1.82, 2.24) is 4.31 Å². The molecule has 0 spiro atoms. The third-order valence-corrected chi connectivity index (χ3v) is 5.65. The van der Waals surface area contributed by atoms with Crippen LogP contribution in [0.2, 0.25) is 0 Å². The van der Waals surface area contributed by atoms with E-state index < -0.39 is 10.0 Å². The van der Waals surface area contributed by atoms with E-state index in [0.29, 0.717) is 25.6 Å². The lowest BCUT2D eigenvalue weighted by atomic mass is 10.0. The Morgan fingerprint density at radius 2 is 1.95 bits per heavy atom. The number of hydrogen-bond acceptors (Lipinski definition) is 3. The highest BCUT2D eigenvalue weighted by Gasteiger charge is 2.34. The van der Waals surface area contributed by atoms with Crippen molar-refractivity contribution in [2.75, 3.05) is 30.7 Å². The first kappa shape index (κ1) is 16.8. The highest BCUT2D eigenvalue weighted by Crippen LogP contribution is 2.20. The van der Waals surface area contributed by atoms with Gasteiger partial charge in [-0.05, 0) is 31.0 Å². The van der Waals surface area contributed by atoms with E-state index in [4.69, 9.17) is 5.73 Å². The molecule has 1 fully saturated rings. The van der Waals surface area contributed by atoms with Crippen LogP contribution < -0.4 is 11.1 Å². The fourth-order valence-electron chi connectivity index (χ4n) is 2.29. The number of guanidine groups is 1. The molecule has 7 heteroatoms. The summed E-state index contributed by atoms with van der Waals surface area (Å²) in [7, 11) is -3.05. The van der Waals surface area contributed by atoms with E-state index in [1.165, 1.54) is 9.87 Å². The van der Waals surface area contributed by atoms with Gasteiger partial charge in [-0.15, -0.1) is 0 Å². The van der Waals surface area contributed by atoms with Gasteiger partial charge in [-0.3, -0.25) is 4.99 Å². The van der Waals surface area contributed by atoms with Crippen molar-refractivity contribution >= 4 is 21.7 Å². The maximum Gasteiger partial charge on any atom is 0.213 e. The summed E-state index contributed by atoms with van der Waals surface area (Å²) in [4.78, 5) is 4.29. The lowest BCUT2D eigenvalue weighted by Gasteiger charge is -2.37. The van der Waals surface area contributed by atoms with Crippen LogP contribution in [0, 0.1) is 5.92 Å². The van der Waals surface area contributed by atoms with Crippen molar-refractivity contribution in [3.05, 3.63) is 29.8 Å². The van der Waals surface area contributed by atoms with Crippen LogP contribution in [0.1, 0.15) is 19.4 Å². The SMILES string of the molecule is CCc1ccc(NC(N)=NCC2CN(S(=O)(=O)CC)C2)cc1. The van der Waals surface area contributed by atoms with Crippen LogP contribution in [-0.4, -0.2) is 44.1 Å². The summed E-state index contributed by atoms with van der Waals surface area (Å²) in [6.45, 7) is 5.39. The number of aryl methyl sites for hydroxylation is 1. The van der Waals surface area contributed by atoms with Gasteiger partial charge >= 0.3 is 0 Å². The molecule has 22 heavy (non-hydrogen) atoms. The van der Waals surface area contributed by atoms with E-state index >= 15 is 0 Å². The van der Waals surface area contributed by atoms with Crippen LogP contribution in [-0.2, 0) is 16.4 Å². The predicted octanol–water partition coefficient (Wildman–Crippen LogP) is 1.26. The Morgan fingerprint density at radius 3 is 2.50 bits per heavy atom. The van der Waals surface area contributed by atoms with E-state index in [9.17, 15) is 8.42 Å². The molecule has 0 amide bonds. The monoisotopic (exact) mass is 324 g/mol. The number of anilines is 1. The first-order chi connectivity index (χ1) is 10.4. The average Bonchev–Trinajstić information content (AvgIpc) is 2.46. The Labute approximate surface area is 132 Å². The van der Waals surface area contributed by atoms with Crippen LogP contribution in [0.25, 0.3) is 0 Å². The van der Waals surface area contributed by atoms with Crippen LogP contribution in [0.15, 0.2) is 29.3 Å². The molecule has 2 rings (SSSR count). The number of rotatable bonds is 6. The average molecular weight is 324 g/mol. The molecule has 0 radical (unpaired) electrons. The van der Waals surface area contributed by atoms with Gasteiger partial charge in [0, 0.05) is 31.2 Å². The molecule has 0 saturated carbocycles. The molecule has 0 aliphatic carbocycles. The van der Waals surface area contributed by atoms with Crippen LogP contribution in [0.4, 0.5) is 5.69 Å². The highest BCUT2D eigenvalue weighted by atomic mass is 32.2. The molecule has 1 heterocycles. The maximum absolute atomic E-state index is 11.6. The standard InChI is InChI=1S/C15H24N4O2S/c1-3-12-5-7-14(8-6-12)18-15(16)17-9-13-10-19(11-13)22(20,21)4-2/h5-8,13H,3-4,9-11H2,1-2H3,(H3,16,17,18). The normalized spacial score (nSPS) is 17.3. The van der Waals surface area contributed by atoms with E-state index in [1.807, 2.05) is 12.1 Å². The summed E-state index contributed by atoms with van der Waals surface area (Å²) in [6.07, 6.45) is 1.00. The first-order valence-corrected chi connectivity index (χ1v) is 9.19. The Morgan fingerprint density at radius 1 is 1.32 bits per heavy atom. The maximum atomic E-state index is 11.6. The fraction of sp³-hybridized carbons (Fsp3) is 0.533. The molecule has 0 aromatic heterocycles. The van der Waals surface area contributed by atoms with Gasteiger partial charge in [-0.2, -0.15) is 0 Å². The minimum Gasteiger partial charge on any atom is -0.370 e. The predicted molar refractivity (Wildman–Crippen MR) is 90.5 cm³/mol. The highest BCUT2D eigenvalue weighted by molar-refractivity contribution is 7.89. The zero-order valence-electron chi connectivity index (χ0n) is 13.1. The van der Waals surface area contributed by atoms with Gasteiger partial charge in [-0.25, -0.2) is 12.7 Å². The molecule has 1 aliphatic heterocycles. The third kappa shape index (κ3) is 4.20. The number of benzene rings is 1. The number of aliphatic imine (C=N–C) groups is 1. The minimum absolute atomic E-state index is 0.153. The number of nitrogens with two attached hydrogens (primary N) is 1. The zero-order valence-corrected chi connectivity index (χ0v) is 13.9. The Balaban J connectivity index is 1.79. The topological polar surface area (TPSA) is 87.8 Å². The van der Waals surface area contributed by atoms with Gasteiger partial charge < -0.3 is 11.1 Å². The second-order valence-electron chi connectivity index (χ2n) is 5.48. The van der Waals surface area contributed by atoms with Crippen LogP contribution >= 0.6 is 0 Å². The first-order valence-electron chi connectivity index (χ1n) is 7.58. The Kier molecular flexibility index (Phi) is 5.42. The van der Waals surface area contributed by atoms with Crippen molar-refractivity contribution in [1.29, 1.82) is 0 Å². The fourth-order valence-corrected chi connectivity index (χ4v) is 3.53. The molecule has 0 unspecified atom stereocenters. The van der Waals surface area contributed by atoms with Gasteiger partial charge in [0.1, 0.15) is 0 Å². The largest absolute Gasteiger partial charge is 0.370 e. The summed E-state index contributed by atoms with van der Waals surface area (Å²) in [5, 5.41) is 3.05. The van der Waals surface area contributed by atoms with E-state index in [1.54, 1.807) is 6.92 Å². The second kappa shape index (κ2) is 7.11. The van der Waals surface area contributed by atoms with Crippen LogP contribution in [0.5, 0.6) is 0 Å². The van der Waals surface area contributed by atoms with Gasteiger partial charge in [-0.1, -0.05) is 19.1 Å². The van der Waals surface area contributed by atoms with Crippen molar-refractivity contribution < 1.29 is 8.42 Å². The van der Waals surface area contributed by atoms with Gasteiger partial charge in [0.2, 0.25) is 10.0 Å². The molecule has 122 valence electrons. The summed E-state index contributed by atoms with van der Waals surface area (Å²) >= 11 is 0. The summed E-state index contributed by atoms with van der Waals surface area (Å²) in [6, 6.07) is 8.05. The summed E-state index contributed by atoms with van der Waals surface area (Å²) in [5.41, 5.74) is 8.03. The molecule has 3 N–H and O–H groups in total. The number of nitrogens with one attached hydrogen (secondary N) is 1. The van der Waals surface area contributed by atoms with Gasteiger partial charge in [0.15, 0.2) is 5.96 Å². The Hall–Kier alpha value is -1.60. The summed E-state index contributed by atoms with van der Waals surface area (Å²) in [5.74, 6) is 0.769. The van der Waals surface area contributed by atoms with Crippen molar-refractivity contribution in [2.45, 2.75) is 20.3 Å². The lowest BCUT2D eigenvalue weighted by Crippen LogP contribution is -2.51. The molecule has 1 aromatic carbocycles. The smallest absolute Gasteiger partial charge is 0.213 e. The van der Waals surface area contributed by atoms with Crippen molar-refractivity contribution in [3.8, 4) is 0 Å². The molecule has 1 aliphatic rings. The molecule has 6 nitrogen and oxygen atoms in total. The molecular weight excluding hydrogens is 300 g/mol. The third-order valence-electron chi connectivity index (χ3n) is 3.84. The quantitative estimate of drug-likeness (QED) is 0.609. The molecule has 1 aromatic rings. The van der Waals surface area contributed by atoms with E-state index in [2.05, 4.69) is 29.4 Å². The minimum atomic E-state index is -3.05. The van der Waals surface area contributed by atoms with E-state index in [0.717, 1.165) is 12.1 Å². The van der Waals surface area contributed by atoms with Crippen molar-refractivity contribution in [3.63, 3.8) is 0 Å².